The summed E-state index contributed by atoms with van der Waals surface area (Å²) in [6, 6.07) is 58.8. The molecule has 0 radical (unpaired) electrons. The van der Waals surface area contributed by atoms with Crippen molar-refractivity contribution in [3.8, 4) is 33.6 Å². The molecular formula is C54H41BrClN7O4S. The molecule has 2 aromatic heterocycles. The molecule has 10 aromatic rings. The Morgan fingerprint density at radius 1 is 0.529 bits per heavy atom. The Bertz CT molecular complexity index is 3630. The fourth-order valence-corrected chi connectivity index (χ4v) is 9.13. The molecule has 0 spiro atoms. The van der Waals surface area contributed by atoms with Crippen LogP contribution in [0.15, 0.2) is 197 Å². The molecule has 336 valence electrons. The predicted molar refractivity (Wildman–Crippen MR) is 275 cm³/mol. The quantitative estimate of drug-likeness (QED) is 0.131. The van der Waals surface area contributed by atoms with Gasteiger partial charge in [-0.3, -0.25) is 9.59 Å². The Hall–Kier alpha value is -7.68. The maximum absolute atomic E-state index is 13.2. The van der Waals surface area contributed by atoms with Crippen molar-refractivity contribution < 1.29 is 18.0 Å². The fraction of sp³-hybridized carbons (Fsp3) is 0.0370. The van der Waals surface area contributed by atoms with Crippen LogP contribution >= 0.6 is 27.5 Å². The molecule has 14 heteroatoms. The summed E-state index contributed by atoms with van der Waals surface area (Å²) in [6.45, 7) is 3.72. The third-order valence-electron chi connectivity index (χ3n) is 11.1. The van der Waals surface area contributed by atoms with Crippen LogP contribution in [0, 0.1) is 13.8 Å². The molecule has 2 heterocycles. The van der Waals surface area contributed by atoms with Gasteiger partial charge in [0.15, 0.2) is 0 Å². The topological polar surface area (TPSA) is 154 Å². The molecule has 0 aliphatic carbocycles. The van der Waals surface area contributed by atoms with E-state index in [4.69, 9.17) is 16.7 Å². The van der Waals surface area contributed by atoms with E-state index in [0.717, 1.165) is 59.9 Å². The molecule has 8 aromatic carbocycles. The Kier molecular flexibility index (Phi) is 12.9. The summed E-state index contributed by atoms with van der Waals surface area (Å²) in [5, 5.41) is 25.1. The molecule has 2 amide bonds. The van der Waals surface area contributed by atoms with Crippen molar-refractivity contribution in [2.45, 2.75) is 18.7 Å². The van der Waals surface area contributed by atoms with E-state index in [9.17, 15) is 18.0 Å². The van der Waals surface area contributed by atoms with Crippen LogP contribution in [0.4, 0.5) is 11.4 Å². The molecule has 0 saturated heterocycles. The van der Waals surface area contributed by atoms with Crippen LogP contribution in [0.5, 0.6) is 0 Å². The molecule has 0 fully saturated rings. The number of hydrogen-bond donors (Lipinski definition) is 3. The average Bonchev–Trinajstić information content (AvgIpc) is 3.94. The van der Waals surface area contributed by atoms with E-state index >= 15 is 0 Å². The number of carbonyl (C=O) groups is 2. The first kappa shape index (κ1) is 45.5. The van der Waals surface area contributed by atoms with Gasteiger partial charge in [0.2, 0.25) is 10.0 Å². The van der Waals surface area contributed by atoms with Crippen LogP contribution in [0.1, 0.15) is 32.4 Å². The molecule has 10 rings (SSSR count). The summed E-state index contributed by atoms with van der Waals surface area (Å²) >= 11 is 9.57. The van der Waals surface area contributed by atoms with Crippen LogP contribution in [0.25, 0.3) is 55.2 Å². The first-order chi connectivity index (χ1) is 32.7. The number of anilines is 2. The van der Waals surface area contributed by atoms with Crippen molar-refractivity contribution in [2.75, 3.05) is 10.6 Å². The number of hydrogen-bond acceptors (Lipinski definition) is 6. The minimum Gasteiger partial charge on any atom is -0.321 e. The number of benzene rings is 8. The minimum absolute atomic E-state index is 0.0317. The van der Waals surface area contributed by atoms with Gasteiger partial charge < -0.3 is 10.6 Å². The zero-order chi connectivity index (χ0) is 47.5. The highest BCUT2D eigenvalue weighted by molar-refractivity contribution is 9.10. The molecule has 0 aliphatic heterocycles. The molecule has 0 saturated carbocycles. The highest BCUT2D eigenvalue weighted by atomic mass is 79.9. The maximum Gasteiger partial charge on any atom is 0.274 e. The molecule has 0 unspecified atom stereocenters. The van der Waals surface area contributed by atoms with Crippen LogP contribution in [-0.4, -0.2) is 39.8 Å². The van der Waals surface area contributed by atoms with E-state index in [0.29, 0.717) is 38.9 Å². The second-order valence-electron chi connectivity index (χ2n) is 16.0. The second kappa shape index (κ2) is 19.3. The first-order valence-electron chi connectivity index (χ1n) is 21.3. The van der Waals surface area contributed by atoms with Crippen molar-refractivity contribution in [3.63, 3.8) is 0 Å². The Morgan fingerprint density at radius 2 is 1.00 bits per heavy atom. The highest BCUT2D eigenvalue weighted by Gasteiger charge is 2.19. The van der Waals surface area contributed by atoms with Crippen molar-refractivity contribution in [2.24, 2.45) is 5.14 Å². The molecule has 0 aliphatic rings. The van der Waals surface area contributed by atoms with Gasteiger partial charge in [0.25, 0.3) is 11.8 Å². The van der Waals surface area contributed by atoms with Gasteiger partial charge in [0, 0.05) is 26.4 Å². The standard InChI is InChI=1S/C27H20BrClN4O3S.C27H21N3O/c1-16-12-25(33(32-16)23-10-5-18-13-20(28)6-2-19(18)14-23)27(34)31-22-8-3-17(4-9-22)24-15-21(29)7-11-26(24)37(30,35)36;1-19-17-26(30(29-19)25-16-13-21-9-5-6-10-23(21)18-25)27(31)28-24-14-11-22(12-15-24)20-7-3-2-4-8-20/h2-15H,1H3,(H,31,34)(H2,30,35,36);2-18H,1H3,(H,28,31). The van der Waals surface area contributed by atoms with E-state index < -0.39 is 10.0 Å². The van der Waals surface area contributed by atoms with Gasteiger partial charge in [-0.05, 0) is 143 Å². The summed E-state index contributed by atoms with van der Waals surface area (Å²) in [5.74, 6) is -0.529. The van der Waals surface area contributed by atoms with Crippen LogP contribution in [0.2, 0.25) is 5.02 Å². The number of rotatable bonds is 9. The zero-order valence-corrected chi connectivity index (χ0v) is 39.7. The van der Waals surface area contributed by atoms with Crippen LogP contribution < -0.4 is 15.8 Å². The lowest BCUT2D eigenvalue weighted by molar-refractivity contribution is 0.101. The van der Waals surface area contributed by atoms with Gasteiger partial charge in [0.1, 0.15) is 11.4 Å². The number of aryl methyl sites for hydroxylation is 2. The highest BCUT2D eigenvalue weighted by Crippen LogP contribution is 2.31. The van der Waals surface area contributed by atoms with E-state index in [2.05, 4.69) is 61.0 Å². The lowest BCUT2D eigenvalue weighted by Crippen LogP contribution is -2.17. The number of carbonyl (C=O) groups excluding carboxylic acids is 2. The van der Waals surface area contributed by atoms with Gasteiger partial charge in [-0.2, -0.15) is 10.2 Å². The summed E-state index contributed by atoms with van der Waals surface area (Å²) in [5.41, 5.74) is 8.49. The number of nitrogens with two attached hydrogens (primary N) is 1. The number of nitrogens with one attached hydrogen (secondary N) is 2. The van der Waals surface area contributed by atoms with Crippen LogP contribution in [0.3, 0.4) is 0 Å². The molecule has 68 heavy (non-hydrogen) atoms. The van der Waals surface area contributed by atoms with Crippen LogP contribution in [-0.2, 0) is 10.0 Å². The normalized spacial score (nSPS) is 11.2. The number of fused-ring (bicyclic) bond motifs is 2. The molecular weight excluding hydrogens is 958 g/mol. The third kappa shape index (κ3) is 10.2. The van der Waals surface area contributed by atoms with Crippen molar-refractivity contribution in [3.05, 3.63) is 220 Å². The van der Waals surface area contributed by atoms with E-state index in [1.54, 1.807) is 45.8 Å². The van der Waals surface area contributed by atoms with Crippen molar-refractivity contribution in [1.82, 2.24) is 19.6 Å². The number of nitrogens with zero attached hydrogens (tertiary/aromatic N) is 4. The first-order valence-corrected chi connectivity index (χ1v) is 24.0. The van der Waals surface area contributed by atoms with Crippen molar-refractivity contribution >= 4 is 82.3 Å². The summed E-state index contributed by atoms with van der Waals surface area (Å²) < 4.78 is 28.3. The molecule has 0 atom stereocenters. The largest absolute Gasteiger partial charge is 0.321 e. The SMILES string of the molecule is Cc1cc(C(=O)Nc2ccc(-c3cc(Cl)ccc3S(N)(=O)=O)cc2)n(-c2ccc3cc(Br)ccc3c2)n1.Cc1cc(C(=O)Nc2ccc(-c3ccccc3)cc2)n(-c2ccc3ccccc3c2)n1. The average molecular weight is 999 g/mol. The van der Waals surface area contributed by atoms with Gasteiger partial charge in [0.05, 0.1) is 27.7 Å². The lowest BCUT2D eigenvalue weighted by atomic mass is 10.1. The number of primary sulfonamides is 1. The zero-order valence-electron chi connectivity index (χ0n) is 36.6. The number of amides is 2. The third-order valence-corrected chi connectivity index (χ3v) is 12.8. The molecule has 0 bridgehead atoms. The predicted octanol–water partition coefficient (Wildman–Crippen LogP) is 12.6. The summed E-state index contributed by atoms with van der Waals surface area (Å²) in [4.78, 5) is 26.3. The van der Waals surface area contributed by atoms with Gasteiger partial charge in [-0.25, -0.2) is 22.9 Å². The number of sulfonamides is 1. The fourth-order valence-electron chi connectivity index (χ4n) is 7.84. The van der Waals surface area contributed by atoms with Gasteiger partial charge in [-0.15, -0.1) is 0 Å². The molecule has 11 nitrogen and oxygen atoms in total. The van der Waals surface area contributed by atoms with E-state index in [-0.39, 0.29) is 16.7 Å². The second-order valence-corrected chi connectivity index (χ2v) is 18.9. The van der Waals surface area contributed by atoms with E-state index in [1.165, 1.54) is 12.1 Å². The van der Waals surface area contributed by atoms with Gasteiger partial charge >= 0.3 is 0 Å². The Balaban J connectivity index is 0.000000172. The molecule has 4 N–H and O–H groups in total. The van der Waals surface area contributed by atoms with Gasteiger partial charge in [-0.1, -0.05) is 125 Å². The minimum atomic E-state index is -3.95. The maximum atomic E-state index is 13.2. The monoisotopic (exact) mass is 997 g/mol. The van der Waals surface area contributed by atoms with Crippen molar-refractivity contribution in [1.29, 1.82) is 0 Å². The summed E-state index contributed by atoms with van der Waals surface area (Å²) in [6.07, 6.45) is 0. The Labute approximate surface area is 406 Å². The lowest BCUT2D eigenvalue weighted by Gasteiger charge is -2.11. The summed E-state index contributed by atoms with van der Waals surface area (Å²) in [7, 11) is -3.95. The number of aromatic nitrogens is 4. The smallest absolute Gasteiger partial charge is 0.274 e. The number of halogens is 2. The Morgan fingerprint density at radius 3 is 1.57 bits per heavy atom. The van der Waals surface area contributed by atoms with E-state index in [1.807, 2.05) is 129 Å².